The monoisotopic (exact) mass is 416 g/mol. The van der Waals surface area contributed by atoms with Crippen LogP contribution in [0.3, 0.4) is 0 Å². The van der Waals surface area contributed by atoms with Crippen LogP contribution in [0.5, 0.6) is 0 Å². The Hall–Kier alpha value is -3.82. The van der Waals surface area contributed by atoms with Crippen LogP contribution in [-0.2, 0) is 9.47 Å². The zero-order valence-corrected chi connectivity index (χ0v) is 16.0. The fourth-order valence-corrected chi connectivity index (χ4v) is 2.55. The number of rotatable bonds is 11. The first kappa shape index (κ1) is 22.5. The fraction of sp³-hybridized carbons (Fsp3) is 0.300. The van der Waals surface area contributed by atoms with E-state index in [0.29, 0.717) is 24.8 Å². The molecule has 0 fully saturated rings. The van der Waals surface area contributed by atoms with Gasteiger partial charge in [-0.15, -0.1) is 0 Å². The summed E-state index contributed by atoms with van der Waals surface area (Å²) in [6.45, 7) is 0.351. The lowest BCUT2D eigenvalue weighted by Crippen LogP contribution is -2.08. The Morgan fingerprint density at radius 2 is 1.17 bits per heavy atom. The molecule has 0 aliphatic rings. The number of benzene rings is 2. The SMILES string of the molecule is O=C(OCCCCCCOC(=O)c1cc([N+](=O)[O-])cc([N+](=O)[O-])c1)c1ccccc1. The first-order chi connectivity index (χ1) is 14.4. The van der Waals surface area contributed by atoms with E-state index in [0.717, 1.165) is 24.6 Å². The molecule has 0 spiro atoms. The summed E-state index contributed by atoms with van der Waals surface area (Å²) in [6, 6.07) is 11.3. The molecule has 0 amide bonds. The normalized spacial score (nSPS) is 10.3. The highest BCUT2D eigenvalue weighted by molar-refractivity contribution is 5.91. The average Bonchev–Trinajstić information content (AvgIpc) is 2.75. The number of esters is 2. The van der Waals surface area contributed by atoms with E-state index >= 15 is 0 Å². The Labute approximate surface area is 171 Å². The molecule has 0 radical (unpaired) electrons. The van der Waals surface area contributed by atoms with Crippen molar-refractivity contribution in [1.82, 2.24) is 0 Å². The zero-order chi connectivity index (χ0) is 21.9. The molecule has 0 aromatic heterocycles. The maximum atomic E-state index is 12.0. The standard InChI is InChI=1S/C20H20N2O8/c23-19(15-8-4-3-5-9-15)29-10-6-1-2-7-11-30-20(24)16-12-17(21(25)26)14-18(13-16)22(27)28/h3-5,8-9,12-14H,1-2,6-7,10-11H2. The van der Waals surface area contributed by atoms with E-state index in [1.165, 1.54) is 0 Å². The van der Waals surface area contributed by atoms with Crippen LogP contribution < -0.4 is 0 Å². The van der Waals surface area contributed by atoms with Gasteiger partial charge in [0.2, 0.25) is 0 Å². The number of unbranched alkanes of at least 4 members (excludes halogenated alkanes) is 3. The van der Waals surface area contributed by atoms with E-state index in [9.17, 15) is 29.8 Å². The van der Waals surface area contributed by atoms with Crippen LogP contribution in [0.25, 0.3) is 0 Å². The molecule has 10 heteroatoms. The van der Waals surface area contributed by atoms with E-state index in [2.05, 4.69) is 0 Å². The summed E-state index contributed by atoms with van der Waals surface area (Å²) in [7, 11) is 0. The van der Waals surface area contributed by atoms with Crippen LogP contribution >= 0.6 is 0 Å². The summed E-state index contributed by atoms with van der Waals surface area (Å²) >= 11 is 0. The van der Waals surface area contributed by atoms with Gasteiger partial charge in [0.1, 0.15) is 0 Å². The van der Waals surface area contributed by atoms with Crippen molar-refractivity contribution < 1.29 is 28.9 Å². The number of ether oxygens (including phenoxy) is 2. The molecule has 0 atom stereocenters. The van der Waals surface area contributed by atoms with Gasteiger partial charge in [-0.2, -0.15) is 0 Å². The Kier molecular flexibility index (Phi) is 8.42. The lowest BCUT2D eigenvalue weighted by molar-refractivity contribution is -0.394. The van der Waals surface area contributed by atoms with Crippen molar-refractivity contribution in [2.75, 3.05) is 13.2 Å². The molecule has 0 saturated carbocycles. The third-order valence-corrected chi connectivity index (χ3v) is 4.07. The number of hydrogen-bond donors (Lipinski definition) is 0. The lowest BCUT2D eigenvalue weighted by Gasteiger charge is -2.06. The van der Waals surface area contributed by atoms with Gasteiger partial charge in [0.05, 0.1) is 40.3 Å². The first-order valence-electron chi connectivity index (χ1n) is 9.21. The van der Waals surface area contributed by atoms with Crippen LogP contribution in [-0.4, -0.2) is 35.0 Å². The number of carbonyl (C=O) groups is 2. The molecule has 2 aromatic rings. The Balaban J connectivity index is 1.67. The Bertz CT molecular complexity index is 882. The van der Waals surface area contributed by atoms with Gasteiger partial charge in [-0.3, -0.25) is 20.2 Å². The quantitative estimate of drug-likeness (QED) is 0.231. The van der Waals surface area contributed by atoms with Gasteiger partial charge in [0.25, 0.3) is 11.4 Å². The maximum absolute atomic E-state index is 12.0. The second-order valence-corrected chi connectivity index (χ2v) is 6.30. The minimum Gasteiger partial charge on any atom is -0.462 e. The summed E-state index contributed by atoms with van der Waals surface area (Å²) in [5.74, 6) is -1.24. The molecule has 0 N–H and O–H groups in total. The molecule has 0 aliphatic carbocycles. The minimum atomic E-state index is -0.862. The highest BCUT2D eigenvalue weighted by atomic mass is 16.6. The molecule has 0 heterocycles. The minimum absolute atomic E-state index is 0.0686. The molecular formula is C20H20N2O8. The molecule has 30 heavy (non-hydrogen) atoms. The van der Waals surface area contributed by atoms with Crippen molar-refractivity contribution in [3.63, 3.8) is 0 Å². The predicted octanol–water partition coefficient (Wildman–Crippen LogP) is 4.08. The van der Waals surface area contributed by atoms with Crippen molar-refractivity contribution in [3.05, 3.63) is 79.9 Å². The van der Waals surface area contributed by atoms with Crippen LogP contribution in [0.2, 0.25) is 0 Å². The maximum Gasteiger partial charge on any atom is 0.338 e. The van der Waals surface area contributed by atoms with E-state index in [4.69, 9.17) is 9.47 Å². The molecule has 0 aliphatic heterocycles. The average molecular weight is 416 g/mol. The van der Waals surface area contributed by atoms with E-state index in [1.807, 2.05) is 6.07 Å². The van der Waals surface area contributed by atoms with Crippen molar-refractivity contribution >= 4 is 23.3 Å². The molecule has 0 saturated heterocycles. The molecule has 10 nitrogen and oxygen atoms in total. The predicted molar refractivity (Wildman–Crippen MR) is 105 cm³/mol. The molecule has 0 unspecified atom stereocenters. The van der Waals surface area contributed by atoms with Gasteiger partial charge in [0, 0.05) is 12.1 Å². The second kappa shape index (κ2) is 11.2. The lowest BCUT2D eigenvalue weighted by atomic mass is 10.1. The summed E-state index contributed by atoms with van der Waals surface area (Å²) in [4.78, 5) is 43.9. The summed E-state index contributed by atoms with van der Waals surface area (Å²) < 4.78 is 10.2. The highest BCUT2D eigenvalue weighted by Gasteiger charge is 2.20. The number of nitro groups is 2. The van der Waals surface area contributed by atoms with Crippen LogP contribution in [0.15, 0.2) is 48.5 Å². The second-order valence-electron chi connectivity index (χ2n) is 6.30. The number of carbonyl (C=O) groups excluding carboxylic acids is 2. The highest BCUT2D eigenvalue weighted by Crippen LogP contribution is 2.23. The fourth-order valence-electron chi connectivity index (χ4n) is 2.55. The third kappa shape index (κ3) is 6.97. The molecule has 0 bridgehead atoms. The summed E-state index contributed by atoms with van der Waals surface area (Å²) in [5, 5.41) is 21.7. The Morgan fingerprint density at radius 1 is 0.700 bits per heavy atom. The number of nitrogens with zero attached hydrogens (tertiary/aromatic N) is 2. The van der Waals surface area contributed by atoms with Crippen molar-refractivity contribution in [2.24, 2.45) is 0 Å². The number of nitro benzene ring substituents is 2. The molecule has 2 aromatic carbocycles. The van der Waals surface area contributed by atoms with Crippen LogP contribution in [0.1, 0.15) is 46.4 Å². The number of hydrogen-bond acceptors (Lipinski definition) is 8. The molecule has 158 valence electrons. The third-order valence-electron chi connectivity index (χ3n) is 4.07. The molecular weight excluding hydrogens is 396 g/mol. The van der Waals surface area contributed by atoms with Crippen molar-refractivity contribution in [3.8, 4) is 0 Å². The van der Waals surface area contributed by atoms with Gasteiger partial charge in [-0.25, -0.2) is 9.59 Å². The van der Waals surface area contributed by atoms with Gasteiger partial charge >= 0.3 is 11.9 Å². The molecule has 2 rings (SSSR count). The topological polar surface area (TPSA) is 139 Å². The summed E-state index contributed by atoms with van der Waals surface area (Å²) in [6.07, 6.45) is 2.66. The van der Waals surface area contributed by atoms with Gasteiger partial charge < -0.3 is 9.47 Å². The van der Waals surface area contributed by atoms with Gasteiger partial charge in [0.15, 0.2) is 0 Å². The summed E-state index contributed by atoms with van der Waals surface area (Å²) in [5.41, 5.74) is -0.864. The van der Waals surface area contributed by atoms with E-state index < -0.39 is 27.2 Å². The van der Waals surface area contributed by atoms with Gasteiger partial charge in [-0.1, -0.05) is 18.2 Å². The van der Waals surface area contributed by atoms with Crippen LogP contribution in [0.4, 0.5) is 11.4 Å². The van der Waals surface area contributed by atoms with Crippen LogP contribution in [0, 0.1) is 20.2 Å². The Morgan fingerprint density at radius 3 is 1.63 bits per heavy atom. The van der Waals surface area contributed by atoms with E-state index in [1.54, 1.807) is 24.3 Å². The van der Waals surface area contributed by atoms with E-state index in [-0.39, 0.29) is 24.7 Å². The smallest absolute Gasteiger partial charge is 0.338 e. The largest absolute Gasteiger partial charge is 0.462 e. The number of non-ortho nitro benzene ring substituents is 2. The van der Waals surface area contributed by atoms with Crippen molar-refractivity contribution in [1.29, 1.82) is 0 Å². The van der Waals surface area contributed by atoms with Gasteiger partial charge in [-0.05, 0) is 37.8 Å². The first-order valence-corrected chi connectivity index (χ1v) is 9.21. The zero-order valence-electron chi connectivity index (χ0n) is 16.0. The van der Waals surface area contributed by atoms with Crippen molar-refractivity contribution in [2.45, 2.75) is 25.7 Å².